The quantitative estimate of drug-likeness (QED) is 0.674. The Morgan fingerprint density at radius 3 is 2.13 bits per heavy atom. The van der Waals surface area contributed by atoms with E-state index < -0.39 is 0 Å². The Balaban J connectivity index is 2.32. The van der Waals surface area contributed by atoms with Crippen LogP contribution in [-0.2, 0) is 9.47 Å². The molecule has 90 valence electrons. The summed E-state index contributed by atoms with van der Waals surface area (Å²) in [5.41, 5.74) is 0. The number of aliphatic hydroxyl groups excluding tert-OH is 1. The SMILES string of the molecule is COCCN(CCOC)C1CCC(O)C1. The fraction of sp³-hybridized carbons (Fsp3) is 1.00. The number of hydrogen-bond acceptors (Lipinski definition) is 4. The molecule has 0 aliphatic heterocycles. The van der Waals surface area contributed by atoms with Gasteiger partial charge < -0.3 is 14.6 Å². The van der Waals surface area contributed by atoms with Gasteiger partial charge in [-0.3, -0.25) is 4.90 Å². The van der Waals surface area contributed by atoms with Gasteiger partial charge in [0.25, 0.3) is 0 Å². The summed E-state index contributed by atoms with van der Waals surface area (Å²) >= 11 is 0. The lowest BCUT2D eigenvalue weighted by Crippen LogP contribution is -2.38. The highest BCUT2D eigenvalue weighted by atomic mass is 16.5. The maximum atomic E-state index is 9.51. The summed E-state index contributed by atoms with van der Waals surface area (Å²) in [4.78, 5) is 2.36. The van der Waals surface area contributed by atoms with Gasteiger partial charge in [0.2, 0.25) is 0 Å². The van der Waals surface area contributed by atoms with Crippen LogP contribution in [0.3, 0.4) is 0 Å². The Hall–Kier alpha value is -0.160. The van der Waals surface area contributed by atoms with Crippen LogP contribution in [0, 0.1) is 0 Å². The first kappa shape index (κ1) is 12.9. The van der Waals surface area contributed by atoms with Gasteiger partial charge in [-0.15, -0.1) is 0 Å². The van der Waals surface area contributed by atoms with E-state index in [1.807, 2.05) is 0 Å². The number of rotatable bonds is 7. The first-order valence-corrected chi connectivity index (χ1v) is 5.68. The number of methoxy groups -OCH3 is 2. The number of aliphatic hydroxyl groups is 1. The molecule has 1 fully saturated rings. The first-order valence-electron chi connectivity index (χ1n) is 5.68. The van der Waals surface area contributed by atoms with Crippen LogP contribution in [-0.4, -0.2) is 62.7 Å². The third kappa shape index (κ3) is 4.47. The fourth-order valence-corrected chi connectivity index (χ4v) is 2.16. The Morgan fingerprint density at radius 2 is 1.73 bits per heavy atom. The van der Waals surface area contributed by atoms with Crippen LogP contribution < -0.4 is 0 Å². The second kappa shape index (κ2) is 7.17. The van der Waals surface area contributed by atoms with Crippen LogP contribution in [0.4, 0.5) is 0 Å². The largest absolute Gasteiger partial charge is 0.393 e. The van der Waals surface area contributed by atoms with E-state index in [4.69, 9.17) is 9.47 Å². The van der Waals surface area contributed by atoms with E-state index in [-0.39, 0.29) is 6.10 Å². The van der Waals surface area contributed by atoms with E-state index in [9.17, 15) is 5.11 Å². The van der Waals surface area contributed by atoms with Crippen molar-refractivity contribution in [3.63, 3.8) is 0 Å². The summed E-state index contributed by atoms with van der Waals surface area (Å²) < 4.78 is 10.2. The van der Waals surface area contributed by atoms with Gasteiger partial charge in [0, 0.05) is 33.4 Å². The molecule has 0 heterocycles. The van der Waals surface area contributed by atoms with Crippen molar-refractivity contribution in [2.24, 2.45) is 0 Å². The molecule has 0 aromatic carbocycles. The van der Waals surface area contributed by atoms with Crippen LogP contribution >= 0.6 is 0 Å². The Bertz CT molecular complexity index is 158. The zero-order valence-electron chi connectivity index (χ0n) is 9.82. The van der Waals surface area contributed by atoms with Crippen molar-refractivity contribution in [2.45, 2.75) is 31.4 Å². The van der Waals surface area contributed by atoms with Gasteiger partial charge in [-0.25, -0.2) is 0 Å². The standard InChI is InChI=1S/C11H23NO3/c1-14-7-5-12(6-8-15-2)10-3-4-11(13)9-10/h10-11,13H,3-9H2,1-2H3. The number of ether oxygens (including phenoxy) is 2. The summed E-state index contributed by atoms with van der Waals surface area (Å²) in [6.07, 6.45) is 2.81. The zero-order chi connectivity index (χ0) is 11.1. The molecule has 15 heavy (non-hydrogen) atoms. The topological polar surface area (TPSA) is 41.9 Å². The van der Waals surface area contributed by atoms with Crippen LogP contribution in [0.15, 0.2) is 0 Å². The summed E-state index contributed by atoms with van der Waals surface area (Å²) in [5.74, 6) is 0. The van der Waals surface area contributed by atoms with Crippen molar-refractivity contribution in [3.05, 3.63) is 0 Å². The summed E-state index contributed by atoms with van der Waals surface area (Å²) in [5, 5.41) is 9.51. The molecular weight excluding hydrogens is 194 g/mol. The Labute approximate surface area is 92.2 Å². The normalized spacial score (nSPS) is 26.4. The van der Waals surface area contributed by atoms with E-state index in [0.717, 1.165) is 45.6 Å². The van der Waals surface area contributed by atoms with Gasteiger partial charge >= 0.3 is 0 Å². The maximum absolute atomic E-state index is 9.51. The average molecular weight is 217 g/mol. The second-order valence-corrected chi connectivity index (χ2v) is 4.14. The van der Waals surface area contributed by atoms with Gasteiger partial charge in [0.05, 0.1) is 19.3 Å². The second-order valence-electron chi connectivity index (χ2n) is 4.14. The molecule has 4 nitrogen and oxygen atoms in total. The van der Waals surface area contributed by atoms with Crippen molar-refractivity contribution in [3.8, 4) is 0 Å². The third-order valence-corrected chi connectivity index (χ3v) is 3.06. The predicted octanol–water partition coefficient (Wildman–Crippen LogP) is 0.495. The molecule has 0 aromatic rings. The van der Waals surface area contributed by atoms with Crippen LogP contribution in [0.5, 0.6) is 0 Å². The Morgan fingerprint density at radius 1 is 1.13 bits per heavy atom. The molecule has 2 unspecified atom stereocenters. The minimum atomic E-state index is -0.109. The molecule has 0 saturated heterocycles. The van der Waals surface area contributed by atoms with E-state index in [2.05, 4.69) is 4.90 Å². The number of hydrogen-bond donors (Lipinski definition) is 1. The lowest BCUT2D eigenvalue weighted by atomic mass is 10.2. The van der Waals surface area contributed by atoms with Gasteiger partial charge in [-0.2, -0.15) is 0 Å². The fourth-order valence-electron chi connectivity index (χ4n) is 2.16. The minimum Gasteiger partial charge on any atom is -0.393 e. The molecule has 1 saturated carbocycles. The van der Waals surface area contributed by atoms with Crippen molar-refractivity contribution < 1.29 is 14.6 Å². The Kier molecular flexibility index (Phi) is 6.17. The predicted molar refractivity (Wildman–Crippen MR) is 59.0 cm³/mol. The molecule has 0 spiro atoms. The molecular formula is C11H23NO3. The summed E-state index contributed by atoms with van der Waals surface area (Å²) in [7, 11) is 3.44. The van der Waals surface area contributed by atoms with Gasteiger partial charge in [-0.1, -0.05) is 0 Å². The minimum absolute atomic E-state index is 0.109. The van der Waals surface area contributed by atoms with Crippen LogP contribution in [0.25, 0.3) is 0 Å². The molecule has 1 N–H and O–H groups in total. The van der Waals surface area contributed by atoms with E-state index >= 15 is 0 Å². The highest BCUT2D eigenvalue weighted by molar-refractivity contribution is 4.82. The number of nitrogens with zero attached hydrogens (tertiary/aromatic N) is 1. The molecule has 2 atom stereocenters. The third-order valence-electron chi connectivity index (χ3n) is 3.06. The first-order chi connectivity index (χ1) is 7.27. The van der Waals surface area contributed by atoms with Crippen LogP contribution in [0.2, 0.25) is 0 Å². The smallest absolute Gasteiger partial charge is 0.0589 e. The van der Waals surface area contributed by atoms with Crippen molar-refractivity contribution in [2.75, 3.05) is 40.5 Å². The highest BCUT2D eigenvalue weighted by Crippen LogP contribution is 2.23. The molecule has 1 aliphatic carbocycles. The van der Waals surface area contributed by atoms with E-state index in [1.165, 1.54) is 0 Å². The zero-order valence-corrected chi connectivity index (χ0v) is 9.82. The molecule has 1 aliphatic rings. The molecule has 0 aromatic heterocycles. The lowest BCUT2D eigenvalue weighted by molar-refractivity contribution is 0.0822. The van der Waals surface area contributed by atoms with Crippen molar-refractivity contribution in [1.29, 1.82) is 0 Å². The summed E-state index contributed by atoms with van der Waals surface area (Å²) in [6.45, 7) is 3.35. The average Bonchev–Trinajstić information content (AvgIpc) is 2.65. The molecule has 4 heteroatoms. The van der Waals surface area contributed by atoms with Gasteiger partial charge in [-0.05, 0) is 19.3 Å². The van der Waals surface area contributed by atoms with E-state index in [0.29, 0.717) is 6.04 Å². The molecule has 0 bridgehead atoms. The molecule has 1 rings (SSSR count). The monoisotopic (exact) mass is 217 g/mol. The molecule has 0 amide bonds. The van der Waals surface area contributed by atoms with Crippen molar-refractivity contribution >= 4 is 0 Å². The maximum Gasteiger partial charge on any atom is 0.0589 e. The molecule has 0 radical (unpaired) electrons. The van der Waals surface area contributed by atoms with Gasteiger partial charge in [0.1, 0.15) is 0 Å². The van der Waals surface area contributed by atoms with Gasteiger partial charge in [0.15, 0.2) is 0 Å². The van der Waals surface area contributed by atoms with Crippen LogP contribution in [0.1, 0.15) is 19.3 Å². The lowest BCUT2D eigenvalue weighted by Gasteiger charge is -2.28. The van der Waals surface area contributed by atoms with E-state index in [1.54, 1.807) is 14.2 Å². The summed E-state index contributed by atoms with van der Waals surface area (Å²) in [6, 6.07) is 0.505. The highest BCUT2D eigenvalue weighted by Gasteiger charge is 2.27. The van der Waals surface area contributed by atoms with Crippen molar-refractivity contribution in [1.82, 2.24) is 4.90 Å².